The van der Waals surface area contributed by atoms with Crippen molar-refractivity contribution in [1.82, 2.24) is 10.0 Å². The number of benzene rings is 1. The highest BCUT2D eigenvalue weighted by atomic mass is 35.5. The second kappa shape index (κ2) is 5.99. The minimum atomic E-state index is -4.63. The van der Waals surface area contributed by atoms with Crippen LogP contribution in [0, 0.1) is 0 Å². The average Bonchev–Trinajstić information content (AvgIpc) is 2.37. The van der Waals surface area contributed by atoms with Crippen LogP contribution in [0.4, 0.5) is 13.2 Å². The van der Waals surface area contributed by atoms with E-state index in [-0.39, 0.29) is 5.02 Å². The van der Waals surface area contributed by atoms with Gasteiger partial charge in [0.25, 0.3) is 0 Å². The molecular formula is C13H16ClF3N2O2S. The monoisotopic (exact) mass is 356 g/mol. The minimum absolute atomic E-state index is 0.238. The summed E-state index contributed by atoms with van der Waals surface area (Å²) >= 11 is 5.80. The first-order valence-corrected chi connectivity index (χ1v) is 8.51. The van der Waals surface area contributed by atoms with Gasteiger partial charge in [-0.15, -0.1) is 0 Å². The summed E-state index contributed by atoms with van der Waals surface area (Å²) in [6.45, 7) is 3.00. The van der Waals surface area contributed by atoms with Gasteiger partial charge in [0.05, 0.1) is 10.6 Å². The van der Waals surface area contributed by atoms with Gasteiger partial charge in [-0.3, -0.25) is 0 Å². The maximum atomic E-state index is 12.8. The molecule has 2 rings (SSSR count). The molecule has 1 aromatic rings. The zero-order valence-electron chi connectivity index (χ0n) is 11.8. The van der Waals surface area contributed by atoms with Crippen molar-refractivity contribution in [3.8, 4) is 0 Å². The third-order valence-corrected chi connectivity index (χ3v) is 5.76. The van der Waals surface area contributed by atoms with E-state index in [1.165, 1.54) is 0 Å². The van der Waals surface area contributed by atoms with Crippen LogP contribution < -0.4 is 10.0 Å². The standard InChI is InChI=1S/C13H16ClF3N2O2S/c1-12(4-6-18-7-5-12)19-22(20,21)11-8-9(13(15,16)17)2-3-10(11)14/h2-3,8,18-19H,4-7H2,1H3. The molecule has 0 aliphatic carbocycles. The molecule has 1 heterocycles. The van der Waals surface area contributed by atoms with Crippen molar-refractivity contribution in [3.63, 3.8) is 0 Å². The lowest BCUT2D eigenvalue weighted by Crippen LogP contribution is -2.52. The molecule has 0 bridgehead atoms. The van der Waals surface area contributed by atoms with Crippen molar-refractivity contribution < 1.29 is 21.6 Å². The van der Waals surface area contributed by atoms with E-state index >= 15 is 0 Å². The molecule has 9 heteroatoms. The number of hydrogen-bond acceptors (Lipinski definition) is 3. The second-order valence-electron chi connectivity index (χ2n) is 5.56. The van der Waals surface area contributed by atoms with E-state index in [9.17, 15) is 21.6 Å². The predicted octanol–water partition coefficient (Wildman–Crippen LogP) is 2.78. The molecule has 2 N–H and O–H groups in total. The van der Waals surface area contributed by atoms with Crippen LogP contribution in [0.25, 0.3) is 0 Å². The Labute approximate surface area is 132 Å². The molecule has 4 nitrogen and oxygen atoms in total. The first-order valence-electron chi connectivity index (χ1n) is 6.65. The van der Waals surface area contributed by atoms with Crippen LogP contribution in [0.2, 0.25) is 5.02 Å². The summed E-state index contributed by atoms with van der Waals surface area (Å²) in [7, 11) is -4.14. The number of piperidine rings is 1. The zero-order chi connectivity index (χ0) is 16.6. The first kappa shape index (κ1) is 17.5. The van der Waals surface area contributed by atoms with E-state index in [4.69, 9.17) is 11.6 Å². The summed E-state index contributed by atoms with van der Waals surface area (Å²) in [5, 5.41) is 2.86. The van der Waals surface area contributed by atoms with Crippen molar-refractivity contribution in [2.75, 3.05) is 13.1 Å². The number of halogens is 4. The van der Waals surface area contributed by atoms with Crippen LogP contribution in [-0.2, 0) is 16.2 Å². The van der Waals surface area contributed by atoms with Gasteiger partial charge in [-0.2, -0.15) is 13.2 Å². The van der Waals surface area contributed by atoms with Gasteiger partial charge in [0.2, 0.25) is 10.0 Å². The number of alkyl halides is 3. The van der Waals surface area contributed by atoms with Crippen molar-refractivity contribution in [1.29, 1.82) is 0 Å². The third-order valence-electron chi connectivity index (χ3n) is 3.64. The average molecular weight is 357 g/mol. The van der Waals surface area contributed by atoms with Crippen LogP contribution >= 0.6 is 11.6 Å². The minimum Gasteiger partial charge on any atom is -0.317 e. The van der Waals surface area contributed by atoms with Crippen LogP contribution in [0.15, 0.2) is 23.1 Å². The van der Waals surface area contributed by atoms with Gasteiger partial charge in [0, 0.05) is 5.54 Å². The number of sulfonamides is 1. The lowest BCUT2D eigenvalue weighted by molar-refractivity contribution is -0.137. The largest absolute Gasteiger partial charge is 0.416 e. The Morgan fingerprint density at radius 3 is 2.41 bits per heavy atom. The van der Waals surface area contributed by atoms with E-state index in [1.807, 2.05) is 0 Å². The summed E-state index contributed by atoms with van der Waals surface area (Å²) < 4.78 is 65.6. The maximum absolute atomic E-state index is 12.8. The fraction of sp³-hybridized carbons (Fsp3) is 0.538. The molecule has 0 spiro atoms. The van der Waals surface area contributed by atoms with Gasteiger partial charge in [-0.05, 0) is 51.1 Å². The molecule has 0 aromatic heterocycles. The molecular weight excluding hydrogens is 341 g/mol. The Bertz CT molecular complexity index is 656. The lowest BCUT2D eigenvalue weighted by Gasteiger charge is -2.34. The van der Waals surface area contributed by atoms with E-state index in [0.717, 1.165) is 12.1 Å². The maximum Gasteiger partial charge on any atom is 0.416 e. The number of rotatable bonds is 3. The lowest BCUT2D eigenvalue weighted by atomic mass is 9.92. The highest BCUT2D eigenvalue weighted by molar-refractivity contribution is 7.89. The van der Waals surface area contributed by atoms with Crippen molar-refractivity contribution in [3.05, 3.63) is 28.8 Å². The molecule has 0 amide bonds. The highest BCUT2D eigenvalue weighted by Crippen LogP contribution is 2.34. The molecule has 1 fully saturated rings. The van der Waals surface area contributed by atoms with Gasteiger partial charge in [0.1, 0.15) is 4.90 Å². The molecule has 124 valence electrons. The van der Waals surface area contributed by atoms with Crippen LogP contribution in [0.3, 0.4) is 0 Å². The number of nitrogens with one attached hydrogen (secondary N) is 2. The molecule has 0 saturated carbocycles. The van der Waals surface area contributed by atoms with Crippen LogP contribution in [-0.4, -0.2) is 27.0 Å². The van der Waals surface area contributed by atoms with E-state index in [1.54, 1.807) is 6.92 Å². The van der Waals surface area contributed by atoms with E-state index in [0.29, 0.717) is 32.0 Å². The zero-order valence-corrected chi connectivity index (χ0v) is 13.4. The summed E-state index contributed by atoms with van der Waals surface area (Å²) in [4.78, 5) is -0.552. The van der Waals surface area contributed by atoms with Crippen molar-refractivity contribution in [2.45, 2.75) is 36.4 Å². The van der Waals surface area contributed by atoms with E-state index < -0.39 is 32.2 Å². The summed E-state index contributed by atoms with van der Waals surface area (Å²) in [6.07, 6.45) is -3.54. The first-order chi connectivity index (χ1) is 10.0. The summed E-state index contributed by atoms with van der Waals surface area (Å²) in [5.41, 5.74) is -1.76. The topological polar surface area (TPSA) is 58.2 Å². The molecule has 1 aliphatic heterocycles. The highest BCUT2D eigenvalue weighted by Gasteiger charge is 2.36. The smallest absolute Gasteiger partial charge is 0.317 e. The molecule has 1 saturated heterocycles. The van der Waals surface area contributed by atoms with Gasteiger partial charge in [-0.1, -0.05) is 11.6 Å². The fourth-order valence-corrected chi connectivity index (χ4v) is 4.34. The van der Waals surface area contributed by atoms with Crippen LogP contribution in [0.1, 0.15) is 25.3 Å². The van der Waals surface area contributed by atoms with Crippen molar-refractivity contribution in [2.24, 2.45) is 0 Å². The Morgan fingerprint density at radius 1 is 1.27 bits per heavy atom. The van der Waals surface area contributed by atoms with Crippen LogP contribution in [0.5, 0.6) is 0 Å². The third kappa shape index (κ3) is 3.92. The van der Waals surface area contributed by atoms with Gasteiger partial charge < -0.3 is 5.32 Å². The number of hydrogen-bond donors (Lipinski definition) is 2. The Balaban J connectivity index is 2.36. The molecule has 0 radical (unpaired) electrons. The SMILES string of the molecule is CC1(NS(=O)(=O)c2cc(C(F)(F)F)ccc2Cl)CCNCC1. The Hall–Kier alpha value is -0.830. The Morgan fingerprint density at radius 2 is 1.86 bits per heavy atom. The fourth-order valence-electron chi connectivity index (χ4n) is 2.35. The molecule has 22 heavy (non-hydrogen) atoms. The van der Waals surface area contributed by atoms with Gasteiger partial charge in [-0.25, -0.2) is 13.1 Å². The molecule has 0 unspecified atom stereocenters. The quantitative estimate of drug-likeness (QED) is 0.875. The van der Waals surface area contributed by atoms with E-state index in [2.05, 4.69) is 10.0 Å². The second-order valence-corrected chi connectivity index (χ2v) is 7.62. The van der Waals surface area contributed by atoms with Gasteiger partial charge in [0.15, 0.2) is 0 Å². The molecule has 1 aromatic carbocycles. The molecule has 0 atom stereocenters. The normalized spacial score (nSPS) is 19.1. The van der Waals surface area contributed by atoms with Crippen molar-refractivity contribution >= 4 is 21.6 Å². The predicted molar refractivity (Wildman–Crippen MR) is 77.3 cm³/mol. The molecule has 1 aliphatic rings. The summed E-state index contributed by atoms with van der Waals surface area (Å²) in [5.74, 6) is 0. The van der Waals surface area contributed by atoms with Gasteiger partial charge >= 0.3 is 6.18 Å². The summed E-state index contributed by atoms with van der Waals surface area (Å²) in [6, 6.07) is 2.27. The Kier molecular flexibility index (Phi) is 4.77.